The largest absolute Gasteiger partial charge is 0.341 e. The highest BCUT2D eigenvalue weighted by Crippen LogP contribution is 1.94. The summed E-state index contributed by atoms with van der Waals surface area (Å²) in [5, 5.41) is -0.778. The monoisotopic (exact) mass is 152 g/mol. The van der Waals surface area contributed by atoms with Crippen molar-refractivity contribution in [3.05, 3.63) is 0 Å². The number of rotatable bonds is 2. The molecule has 0 fully saturated rings. The van der Waals surface area contributed by atoms with Gasteiger partial charge < -0.3 is 13.0 Å². The molecule has 0 aliphatic rings. The second-order valence-electron chi connectivity index (χ2n) is 1.40. The van der Waals surface area contributed by atoms with Gasteiger partial charge in [0.1, 0.15) is 0 Å². The lowest BCUT2D eigenvalue weighted by Gasteiger charge is -1.92. The molecule has 8 heavy (non-hydrogen) atoms. The van der Waals surface area contributed by atoms with Gasteiger partial charge in [0.05, 0.1) is 0 Å². The second kappa shape index (κ2) is 3.08. The van der Waals surface area contributed by atoms with Crippen LogP contribution >= 0.6 is 0 Å². The minimum Gasteiger partial charge on any atom is -0.305 e. The molecule has 0 aliphatic carbocycles. The van der Waals surface area contributed by atoms with Gasteiger partial charge in [-0.25, -0.2) is 0 Å². The Kier molecular flexibility index (Phi) is 3.07. The molecule has 0 aromatic rings. The van der Waals surface area contributed by atoms with Crippen LogP contribution in [-0.2, 0) is 0 Å². The van der Waals surface area contributed by atoms with E-state index in [1.54, 1.807) is 0 Å². The molecule has 0 heterocycles. The van der Waals surface area contributed by atoms with E-state index in [2.05, 4.69) is 0 Å². The third-order valence-electron chi connectivity index (χ3n) is 0.626. The van der Waals surface area contributed by atoms with Crippen LogP contribution in [0.2, 0.25) is 13.1 Å². The highest BCUT2D eigenvalue weighted by atomic mass is 28.4. The number of hydrogen-bond donors (Lipinski definition) is 0. The normalized spacial score (nSPS) is 10.8. The van der Waals surface area contributed by atoms with Gasteiger partial charge in [0, 0.05) is 0 Å². The van der Waals surface area contributed by atoms with E-state index in [9.17, 15) is 13.0 Å². The maximum Gasteiger partial charge on any atom is 0.341 e. The van der Waals surface area contributed by atoms with Crippen LogP contribution in [0.5, 0.6) is 0 Å². The van der Waals surface area contributed by atoms with E-state index in [1.807, 2.05) is 0 Å². The molecule has 0 amide bonds. The van der Waals surface area contributed by atoms with Crippen LogP contribution in [0, 0.1) is 0 Å². The van der Waals surface area contributed by atoms with Gasteiger partial charge in [-0.2, -0.15) is 0 Å². The topological polar surface area (TPSA) is 17.1 Å². The van der Waals surface area contributed by atoms with Crippen molar-refractivity contribution in [3.8, 4) is 0 Å². The number of carbonyl (C=O) groups is 1. The molecule has 46 valence electrons. The maximum atomic E-state index is 11.9. The van der Waals surface area contributed by atoms with Gasteiger partial charge in [0.15, 0.2) is 5.03 Å². The Balaban J connectivity index is 3.65. The molecular weight excluding hydrogens is 146 g/mol. The third-order valence-corrected chi connectivity index (χ3v) is 3.94. The Morgan fingerprint density at radius 2 is 1.50 bits per heavy atom. The maximum absolute atomic E-state index is 11.9. The zero-order valence-corrected chi connectivity index (χ0v) is 6.66. The first-order valence-corrected chi connectivity index (χ1v) is 5.84. The minimum absolute atomic E-state index is 0.778. The Hall–Kier alpha value is -0.0362. The van der Waals surface area contributed by atoms with Crippen LogP contribution in [0.1, 0.15) is 0 Å². The first-order valence-electron chi connectivity index (χ1n) is 2.08. The van der Waals surface area contributed by atoms with E-state index in [4.69, 9.17) is 0 Å². The van der Waals surface area contributed by atoms with Gasteiger partial charge in [-0.05, 0) is 13.1 Å². The van der Waals surface area contributed by atoms with Gasteiger partial charge >= 0.3 is 18.3 Å². The van der Waals surface area contributed by atoms with Crippen molar-refractivity contribution in [1.82, 2.24) is 0 Å². The molecule has 0 saturated heterocycles. The Morgan fingerprint density at radius 3 is 1.50 bits per heavy atom. The predicted molar refractivity (Wildman–Crippen MR) is 30.8 cm³/mol. The number of hydrogen-bond acceptors (Lipinski definition) is 1. The van der Waals surface area contributed by atoms with Crippen molar-refractivity contribution >= 4 is 23.3 Å². The molecule has 0 N–H and O–H groups in total. The molecule has 5 heteroatoms. The van der Waals surface area contributed by atoms with E-state index in [0.29, 0.717) is 0 Å². The first-order chi connectivity index (χ1) is 3.55. The van der Waals surface area contributed by atoms with Gasteiger partial charge in [-0.3, -0.25) is 0 Å². The number of halogens is 2. The molecule has 0 saturated carbocycles. The molecule has 0 spiro atoms. The van der Waals surface area contributed by atoms with Crippen molar-refractivity contribution in [2.75, 3.05) is 0 Å². The van der Waals surface area contributed by atoms with Crippen molar-refractivity contribution in [2.24, 2.45) is 0 Å². The van der Waals surface area contributed by atoms with Crippen LogP contribution in [0.15, 0.2) is 0 Å². The lowest BCUT2D eigenvalue weighted by Crippen LogP contribution is -2.26. The van der Waals surface area contributed by atoms with Crippen molar-refractivity contribution in [2.45, 2.75) is 13.1 Å². The predicted octanol–water partition coefficient (Wildman–Crippen LogP) is 1.45. The zero-order valence-electron chi connectivity index (χ0n) is 4.66. The summed E-state index contributed by atoms with van der Waals surface area (Å²) >= 11 is 0. The van der Waals surface area contributed by atoms with E-state index < -0.39 is 23.3 Å². The van der Waals surface area contributed by atoms with Crippen LogP contribution in [0.25, 0.3) is 0 Å². The van der Waals surface area contributed by atoms with Crippen LogP contribution < -0.4 is 0 Å². The van der Waals surface area contributed by atoms with E-state index in [-0.39, 0.29) is 0 Å². The molecule has 0 aromatic carbocycles. The smallest absolute Gasteiger partial charge is 0.305 e. The first kappa shape index (κ1) is 7.96. The van der Waals surface area contributed by atoms with Gasteiger partial charge in [-0.15, -0.1) is 0 Å². The summed E-state index contributed by atoms with van der Waals surface area (Å²) in [6.07, 6.45) is 0. The number of carbonyl (C=O) groups excluding carboxylic acids is 1. The lowest BCUT2D eigenvalue weighted by molar-refractivity contribution is 0.270. The molecule has 1 nitrogen and oxygen atoms in total. The summed E-state index contributed by atoms with van der Waals surface area (Å²) in [6.45, 7) is 2.31. The van der Waals surface area contributed by atoms with Crippen LogP contribution in [0.3, 0.4) is 0 Å². The molecule has 0 unspecified atom stereocenters. The molecule has 2 radical (unpaired) electrons. The standard InChI is InChI=1S/C3H6F2OSi2/c1-7(4)3(6)8(2)5/h1-2H3. The Bertz CT molecular complexity index is 83.3. The van der Waals surface area contributed by atoms with Crippen molar-refractivity contribution in [3.63, 3.8) is 0 Å². The van der Waals surface area contributed by atoms with Gasteiger partial charge in [0.2, 0.25) is 0 Å². The molecule has 0 bridgehead atoms. The highest BCUT2D eigenvalue weighted by Gasteiger charge is 2.24. The fraction of sp³-hybridized carbons (Fsp3) is 0.667. The zero-order chi connectivity index (χ0) is 6.73. The minimum atomic E-state index is -2.48. The van der Waals surface area contributed by atoms with Crippen LogP contribution in [0.4, 0.5) is 13.0 Å². The average Bonchev–Trinajstić information content (AvgIpc) is 1.64. The second-order valence-corrected chi connectivity index (χ2v) is 4.94. The summed E-state index contributed by atoms with van der Waals surface area (Å²) in [5.74, 6) is 0. The molecular formula is C3H6F2OSi2. The summed E-state index contributed by atoms with van der Waals surface area (Å²) in [4.78, 5) is 10.2. The quantitative estimate of drug-likeness (QED) is 0.432. The summed E-state index contributed by atoms with van der Waals surface area (Å²) in [6, 6.07) is 0. The summed E-state index contributed by atoms with van der Waals surface area (Å²) in [5.41, 5.74) is 0. The van der Waals surface area contributed by atoms with Gasteiger partial charge in [0.25, 0.3) is 0 Å². The molecule has 0 rings (SSSR count). The fourth-order valence-electron chi connectivity index (χ4n) is 0.237. The third kappa shape index (κ3) is 2.32. The summed E-state index contributed by atoms with van der Waals surface area (Å²) < 4.78 is 23.8. The van der Waals surface area contributed by atoms with Crippen LogP contribution in [-0.4, -0.2) is 23.3 Å². The molecule has 0 aliphatic heterocycles. The van der Waals surface area contributed by atoms with E-state index in [1.165, 1.54) is 0 Å². The van der Waals surface area contributed by atoms with Crippen molar-refractivity contribution in [1.29, 1.82) is 0 Å². The Morgan fingerprint density at radius 1 is 1.25 bits per heavy atom. The Labute approximate surface area is 50.3 Å². The average molecular weight is 152 g/mol. The van der Waals surface area contributed by atoms with E-state index in [0.717, 1.165) is 13.1 Å². The summed E-state index contributed by atoms with van der Waals surface area (Å²) in [7, 11) is -4.96. The molecule has 0 aromatic heterocycles. The highest BCUT2D eigenvalue weighted by molar-refractivity contribution is 7.13. The van der Waals surface area contributed by atoms with E-state index >= 15 is 0 Å². The fourth-order valence-corrected chi connectivity index (χ4v) is 2.14. The van der Waals surface area contributed by atoms with Gasteiger partial charge in [-0.1, -0.05) is 0 Å². The van der Waals surface area contributed by atoms with Crippen molar-refractivity contribution < 1.29 is 13.0 Å². The SMILES string of the molecule is C[Si](F)C(=O)[Si](C)F. The molecule has 0 atom stereocenters. The lowest BCUT2D eigenvalue weighted by atomic mass is 11.7.